The highest BCUT2D eigenvalue weighted by atomic mass is 16.5. The predicted molar refractivity (Wildman–Crippen MR) is 78.2 cm³/mol. The zero-order chi connectivity index (χ0) is 14.1. The van der Waals surface area contributed by atoms with E-state index < -0.39 is 0 Å². The number of nitrogens with zero attached hydrogens (tertiary/aromatic N) is 2. The summed E-state index contributed by atoms with van der Waals surface area (Å²) in [7, 11) is 0. The largest absolute Gasteiger partial charge is 0.710 e. The van der Waals surface area contributed by atoms with Gasteiger partial charge in [-0.2, -0.15) is 0 Å². The monoisotopic (exact) mass is 266 g/mol. The molecule has 0 fully saturated rings. The van der Waals surface area contributed by atoms with Gasteiger partial charge < -0.3 is 10.4 Å². The van der Waals surface area contributed by atoms with Crippen LogP contribution in [0, 0.1) is 12.1 Å². The highest BCUT2D eigenvalue weighted by Gasteiger charge is 2.16. The van der Waals surface area contributed by atoms with E-state index in [4.69, 9.17) is 0 Å². The third-order valence-electron chi connectivity index (χ3n) is 3.31. The van der Waals surface area contributed by atoms with Crippen molar-refractivity contribution >= 4 is 23.2 Å². The Morgan fingerprint density at radius 3 is 2.50 bits per heavy atom. The Morgan fingerprint density at radius 2 is 1.75 bits per heavy atom. The minimum atomic E-state index is 0.254. The molecule has 100 valence electrons. The lowest BCUT2D eigenvalue weighted by Gasteiger charge is -1.99. The Bertz CT molecular complexity index is 789. The number of imidazole rings is 1. The van der Waals surface area contributed by atoms with Gasteiger partial charge in [-0.3, -0.25) is 0 Å². The lowest BCUT2D eigenvalue weighted by atomic mass is 10.1. The van der Waals surface area contributed by atoms with Gasteiger partial charge in [0, 0.05) is 6.92 Å². The van der Waals surface area contributed by atoms with Crippen LogP contribution >= 0.6 is 0 Å². The zero-order valence-corrected chi connectivity index (χ0v) is 11.0. The Balaban J connectivity index is 2.02. The minimum absolute atomic E-state index is 0.254. The Morgan fingerprint density at radius 1 is 1.05 bits per heavy atom. The maximum absolute atomic E-state index is 11.9. The smallest absolute Gasteiger partial charge is 0.297 e. The highest BCUT2D eigenvalue weighted by Crippen LogP contribution is 2.16. The summed E-state index contributed by atoms with van der Waals surface area (Å²) in [5.74, 6) is 0.254. The molecular formula is C16H14N2O2. The molecule has 0 spiro atoms. The summed E-state index contributed by atoms with van der Waals surface area (Å²) >= 11 is 0. The molecule has 0 aliphatic heterocycles. The number of aromatic nitrogens is 2. The fourth-order valence-corrected chi connectivity index (χ4v) is 2.18. The van der Waals surface area contributed by atoms with Gasteiger partial charge in [-0.05, 0) is 28.0 Å². The standard InChI is InChI=1S/C16H14N2O2/c1-12-17(19)15-10-9-14(11-16(15)18(12)20)8-7-13-5-3-2-4-6-13/h2-11,19H,1H3/b8-7+. The van der Waals surface area contributed by atoms with Crippen LogP contribution < -0.4 is 4.73 Å². The molecule has 0 unspecified atom stereocenters. The molecule has 3 aromatic rings. The molecule has 0 atom stereocenters. The normalized spacial score (nSPS) is 11.4. The van der Waals surface area contributed by atoms with Gasteiger partial charge in [-0.25, -0.2) is 4.73 Å². The van der Waals surface area contributed by atoms with Crippen molar-refractivity contribution < 1.29 is 9.94 Å². The molecule has 0 aliphatic rings. The predicted octanol–water partition coefficient (Wildman–Crippen LogP) is 2.99. The summed E-state index contributed by atoms with van der Waals surface area (Å²) in [6.07, 6.45) is 3.93. The van der Waals surface area contributed by atoms with Crippen LogP contribution in [0.2, 0.25) is 0 Å². The van der Waals surface area contributed by atoms with Gasteiger partial charge in [0.1, 0.15) is 0 Å². The van der Waals surface area contributed by atoms with Gasteiger partial charge in [0.2, 0.25) is 5.52 Å². The fourth-order valence-electron chi connectivity index (χ4n) is 2.18. The van der Waals surface area contributed by atoms with E-state index >= 15 is 0 Å². The molecule has 0 saturated carbocycles. The van der Waals surface area contributed by atoms with Crippen molar-refractivity contribution in [3.05, 3.63) is 70.7 Å². The van der Waals surface area contributed by atoms with Crippen LogP contribution in [-0.4, -0.2) is 9.94 Å². The number of hydrogen-bond acceptors (Lipinski definition) is 2. The Hall–Kier alpha value is -2.75. The summed E-state index contributed by atoms with van der Waals surface area (Å²) in [6, 6.07) is 15.3. The van der Waals surface area contributed by atoms with Crippen molar-refractivity contribution in [3.8, 4) is 0 Å². The first-order valence-electron chi connectivity index (χ1n) is 6.34. The molecule has 0 saturated heterocycles. The van der Waals surface area contributed by atoms with Gasteiger partial charge in [0.15, 0.2) is 5.52 Å². The lowest BCUT2D eigenvalue weighted by Crippen LogP contribution is -2.28. The average molecular weight is 266 g/mol. The maximum atomic E-state index is 11.9. The van der Waals surface area contributed by atoms with E-state index in [9.17, 15) is 10.4 Å². The van der Waals surface area contributed by atoms with Crippen molar-refractivity contribution in [2.45, 2.75) is 6.92 Å². The summed E-state index contributed by atoms with van der Waals surface area (Å²) in [5, 5.41) is 21.6. The third-order valence-corrected chi connectivity index (χ3v) is 3.31. The third kappa shape index (κ3) is 2.01. The molecule has 3 rings (SSSR count). The van der Waals surface area contributed by atoms with E-state index in [0.717, 1.165) is 20.6 Å². The number of hydrogen-bond donors (Lipinski definition) is 1. The lowest BCUT2D eigenvalue weighted by molar-refractivity contribution is -0.587. The quantitative estimate of drug-likeness (QED) is 0.335. The number of rotatable bonds is 2. The molecule has 0 aliphatic carbocycles. The van der Waals surface area contributed by atoms with Gasteiger partial charge >= 0.3 is 0 Å². The second-order valence-corrected chi connectivity index (χ2v) is 4.65. The van der Waals surface area contributed by atoms with Crippen molar-refractivity contribution in [2.75, 3.05) is 0 Å². The first kappa shape index (κ1) is 12.3. The van der Waals surface area contributed by atoms with E-state index in [1.165, 1.54) is 0 Å². The Labute approximate surface area is 116 Å². The molecule has 0 radical (unpaired) electrons. The van der Waals surface area contributed by atoms with Crippen LogP contribution in [0.25, 0.3) is 23.2 Å². The molecule has 4 heteroatoms. The van der Waals surface area contributed by atoms with Crippen LogP contribution in [0.1, 0.15) is 17.0 Å². The van der Waals surface area contributed by atoms with Crippen LogP contribution in [-0.2, 0) is 0 Å². The molecule has 2 aromatic carbocycles. The average Bonchev–Trinajstić information content (AvgIpc) is 2.71. The topological polar surface area (TPSA) is 52.1 Å². The van der Waals surface area contributed by atoms with Crippen LogP contribution in [0.5, 0.6) is 0 Å². The Kier molecular flexibility index (Phi) is 2.91. The molecular weight excluding hydrogens is 252 g/mol. The second-order valence-electron chi connectivity index (χ2n) is 4.65. The van der Waals surface area contributed by atoms with E-state index in [0.29, 0.717) is 11.0 Å². The SMILES string of the molecule is Cc1n(O)c2ccc(/C=C/c3ccccc3)cc2[n+]1[O-]. The first-order valence-corrected chi connectivity index (χ1v) is 6.34. The second kappa shape index (κ2) is 4.74. The van der Waals surface area contributed by atoms with E-state index in [-0.39, 0.29) is 5.82 Å². The molecule has 1 aromatic heterocycles. The molecule has 20 heavy (non-hydrogen) atoms. The van der Waals surface area contributed by atoms with E-state index in [2.05, 4.69) is 0 Å². The van der Waals surface area contributed by atoms with Crippen LogP contribution in [0.15, 0.2) is 48.5 Å². The highest BCUT2D eigenvalue weighted by molar-refractivity contribution is 5.79. The molecule has 1 heterocycles. The van der Waals surface area contributed by atoms with Crippen molar-refractivity contribution in [3.63, 3.8) is 0 Å². The molecule has 0 amide bonds. The van der Waals surface area contributed by atoms with E-state index in [1.807, 2.05) is 48.6 Å². The van der Waals surface area contributed by atoms with Crippen LogP contribution in [0.4, 0.5) is 0 Å². The van der Waals surface area contributed by atoms with Gasteiger partial charge in [0.25, 0.3) is 5.82 Å². The van der Waals surface area contributed by atoms with Crippen molar-refractivity contribution in [1.82, 2.24) is 4.73 Å². The first-order chi connectivity index (χ1) is 9.66. The zero-order valence-electron chi connectivity index (χ0n) is 11.0. The maximum Gasteiger partial charge on any atom is 0.297 e. The van der Waals surface area contributed by atoms with Crippen LogP contribution in [0.3, 0.4) is 0 Å². The number of benzene rings is 2. The van der Waals surface area contributed by atoms with Crippen molar-refractivity contribution in [2.24, 2.45) is 0 Å². The fraction of sp³-hybridized carbons (Fsp3) is 0.0625. The van der Waals surface area contributed by atoms with Gasteiger partial charge in [-0.1, -0.05) is 48.6 Å². The summed E-state index contributed by atoms with van der Waals surface area (Å²) in [6.45, 7) is 1.58. The minimum Gasteiger partial charge on any atom is -0.710 e. The molecule has 1 N–H and O–H groups in total. The van der Waals surface area contributed by atoms with E-state index in [1.54, 1.807) is 19.1 Å². The van der Waals surface area contributed by atoms with Crippen molar-refractivity contribution in [1.29, 1.82) is 0 Å². The van der Waals surface area contributed by atoms with Gasteiger partial charge in [0.05, 0.1) is 0 Å². The molecule has 0 bridgehead atoms. The number of fused-ring (bicyclic) bond motifs is 1. The van der Waals surface area contributed by atoms with Gasteiger partial charge in [-0.15, -0.1) is 0 Å². The summed E-state index contributed by atoms with van der Waals surface area (Å²) in [5.41, 5.74) is 2.98. The molecule has 4 nitrogen and oxygen atoms in total. The summed E-state index contributed by atoms with van der Waals surface area (Å²) < 4.78 is 1.64. The summed E-state index contributed by atoms with van der Waals surface area (Å²) in [4.78, 5) is 0.